The van der Waals surface area contributed by atoms with Gasteiger partial charge in [0, 0.05) is 25.5 Å². The number of ether oxygens (including phenoxy) is 1. The van der Waals surface area contributed by atoms with Gasteiger partial charge in [0.05, 0.1) is 19.9 Å². The van der Waals surface area contributed by atoms with Gasteiger partial charge in [0.15, 0.2) is 0 Å². The van der Waals surface area contributed by atoms with Crippen LogP contribution < -0.4 is 4.74 Å². The summed E-state index contributed by atoms with van der Waals surface area (Å²) in [6.07, 6.45) is 7.29. The molecule has 0 spiro atoms. The standard InChI is InChI=1S/C19H23N7O/c1-27-17-6-4-15(5-7-17)12-25-10-2-3-16(13-25)14-26-23-19(22-24-26)18-11-20-8-9-21-18/h4-9,11,16H,2-3,10,12-14H2,1H3/t16-/m1/s1. The highest BCUT2D eigenvalue weighted by molar-refractivity contribution is 5.44. The van der Waals surface area contributed by atoms with Crippen LogP contribution in [0.3, 0.4) is 0 Å². The zero-order chi connectivity index (χ0) is 18.5. The average Bonchev–Trinajstić information content (AvgIpc) is 3.18. The van der Waals surface area contributed by atoms with Gasteiger partial charge in [0.1, 0.15) is 11.4 Å². The fourth-order valence-electron chi connectivity index (χ4n) is 3.50. The van der Waals surface area contributed by atoms with Crippen molar-refractivity contribution in [1.82, 2.24) is 35.1 Å². The maximum Gasteiger partial charge on any atom is 0.224 e. The van der Waals surface area contributed by atoms with Gasteiger partial charge >= 0.3 is 0 Å². The smallest absolute Gasteiger partial charge is 0.224 e. The predicted molar refractivity (Wildman–Crippen MR) is 99.8 cm³/mol. The first kappa shape index (κ1) is 17.5. The van der Waals surface area contributed by atoms with E-state index in [9.17, 15) is 0 Å². The second kappa shape index (κ2) is 8.22. The topological polar surface area (TPSA) is 81.9 Å². The Kier molecular flexibility index (Phi) is 5.34. The van der Waals surface area contributed by atoms with Crippen LogP contribution in [-0.4, -0.2) is 55.3 Å². The van der Waals surface area contributed by atoms with Crippen molar-refractivity contribution in [3.8, 4) is 17.3 Å². The number of hydrogen-bond donors (Lipinski definition) is 0. The molecule has 3 aromatic rings. The molecule has 2 aromatic heterocycles. The number of likely N-dealkylation sites (tertiary alicyclic amines) is 1. The zero-order valence-electron chi connectivity index (χ0n) is 15.4. The molecule has 140 valence electrons. The first-order chi connectivity index (χ1) is 13.3. The Hall–Kier alpha value is -2.87. The van der Waals surface area contributed by atoms with Gasteiger partial charge < -0.3 is 4.74 Å². The highest BCUT2D eigenvalue weighted by Gasteiger charge is 2.21. The second-order valence-electron chi connectivity index (χ2n) is 6.85. The molecule has 1 atom stereocenters. The van der Waals surface area contributed by atoms with Crippen molar-refractivity contribution in [2.45, 2.75) is 25.9 Å². The molecule has 0 amide bonds. The summed E-state index contributed by atoms with van der Waals surface area (Å²) in [6.45, 7) is 3.88. The molecule has 3 heterocycles. The van der Waals surface area contributed by atoms with Gasteiger partial charge in [-0.3, -0.25) is 9.88 Å². The quantitative estimate of drug-likeness (QED) is 0.661. The second-order valence-corrected chi connectivity index (χ2v) is 6.85. The fourth-order valence-corrected chi connectivity index (χ4v) is 3.50. The lowest BCUT2D eigenvalue weighted by Crippen LogP contribution is -2.36. The van der Waals surface area contributed by atoms with Crippen molar-refractivity contribution >= 4 is 0 Å². The molecule has 0 unspecified atom stereocenters. The normalized spacial score (nSPS) is 17.7. The lowest BCUT2D eigenvalue weighted by atomic mass is 9.97. The molecule has 27 heavy (non-hydrogen) atoms. The number of tetrazole rings is 1. The molecule has 1 aromatic carbocycles. The summed E-state index contributed by atoms with van der Waals surface area (Å²) < 4.78 is 5.23. The van der Waals surface area contributed by atoms with Crippen LogP contribution in [-0.2, 0) is 13.1 Å². The van der Waals surface area contributed by atoms with Crippen molar-refractivity contribution in [2.75, 3.05) is 20.2 Å². The van der Waals surface area contributed by atoms with Crippen LogP contribution in [0.2, 0.25) is 0 Å². The van der Waals surface area contributed by atoms with Crippen molar-refractivity contribution < 1.29 is 4.74 Å². The maximum absolute atomic E-state index is 5.23. The van der Waals surface area contributed by atoms with Crippen LogP contribution in [0.15, 0.2) is 42.9 Å². The van der Waals surface area contributed by atoms with Crippen LogP contribution in [0.25, 0.3) is 11.5 Å². The van der Waals surface area contributed by atoms with E-state index in [1.165, 1.54) is 18.4 Å². The predicted octanol–water partition coefficient (Wildman–Crippen LogP) is 2.05. The molecule has 1 aliphatic heterocycles. The minimum Gasteiger partial charge on any atom is -0.497 e. The van der Waals surface area contributed by atoms with Gasteiger partial charge in [0.2, 0.25) is 5.82 Å². The zero-order valence-corrected chi connectivity index (χ0v) is 15.4. The lowest BCUT2D eigenvalue weighted by Gasteiger charge is -2.32. The van der Waals surface area contributed by atoms with E-state index in [1.807, 2.05) is 12.1 Å². The Labute approximate surface area is 158 Å². The molecule has 0 saturated carbocycles. The van der Waals surface area contributed by atoms with Gasteiger partial charge in [-0.15, -0.1) is 10.2 Å². The van der Waals surface area contributed by atoms with Gasteiger partial charge in [-0.2, -0.15) is 4.80 Å². The molecule has 1 saturated heterocycles. The first-order valence-electron chi connectivity index (χ1n) is 9.19. The average molecular weight is 365 g/mol. The number of aromatic nitrogens is 6. The molecule has 0 aliphatic carbocycles. The highest BCUT2D eigenvalue weighted by atomic mass is 16.5. The number of rotatable bonds is 6. The Bertz CT molecular complexity index is 850. The minimum atomic E-state index is 0.515. The van der Waals surface area contributed by atoms with Gasteiger partial charge in [-0.1, -0.05) is 12.1 Å². The fraction of sp³-hybridized carbons (Fsp3) is 0.421. The summed E-state index contributed by atoms with van der Waals surface area (Å²) in [5.41, 5.74) is 1.95. The molecule has 0 radical (unpaired) electrons. The summed E-state index contributed by atoms with van der Waals surface area (Å²) in [6, 6.07) is 8.30. The summed E-state index contributed by atoms with van der Waals surface area (Å²) in [5.74, 6) is 1.93. The van der Waals surface area contributed by atoms with Crippen molar-refractivity contribution in [3.63, 3.8) is 0 Å². The van der Waals surface area contributed by atoms with Gasteiger partial charge in [0.25, 0.3) is 0 Å². The maximum atomic E-state index is 5.23. The molecule has 1 fully saturated rings. The van der Waals surface area contributed by atoms with Gasteiger partial charge in [-0.25, -0.2) is 4.98 Å². The van der Waals surface area contributed by atoms with E-state index >= 15 is 0 Å². The number of benzene rings is 1. The van der Waals surface area contributed by atoms with Crippen LogP contribution in [0.1, 0.15) is 18.4 Å². The minimum absolute atomic E-state index is 0.515. The Balaban J connectivity index is 1.35. The Morgan fingerprint density at radius 3 is 2.85 bits per heavy atom. The third-order valence-electron chi connectivity index (χ3n) is 4.83. The monoisotopic (exact) mass is 365 g/mol. The summed E-state index contributed by atoms with van der Waals surface area (Å²) in [7, 11) is 1.69. The van der Waals surface area contributed by atoms with E-state index in [0.717, 1.165) is 31.9 Å². The van der Waals surface area contributed by atoms with Crippen molar-refractivity contribution in [1.29, 1.82) is 0 Å². The largest absolute Gasteiger partial charge is 0.497 e. The Morgan fingerprint density at radius 1 is 1.19 bits per heavy atom. The lowest BCUT2D eigenvalue weighted by molar-refractivity contribution is 0.149. The van der Waals surface area contributed by atoms with Gasteiger partial charge in [-0.05, 0) is 48.2 Å². The van der Waals surface area contributed by atoms with E-state index in [4.69, 9.17) is 4.74 Å². The third kappa shape index (κ3) is 4.46. The SMILES string of the molecule is COc1ccc(CN2CCC[C@@H](Cn3nnc(-c4cnccn4)n3)C2)cc1. The number of hydrogen-bond acceptors (Lipinski definition) is 7. The van der Waals surface area contributed by atoms with Crippen molar-refractivity contribution in [3.05, 3.63) is 48.4 Å². The number of methoxy groups -OCH3 is 1. The summed E-state index contributed by atoms with van der Waals surface area (Å²) in [4.78, 5) is 12.5. The third-order valence-corrected chi connectivity index (χ3v) is 4.83. The van der Waals surface area contributed by atoms with Crippen LogP contribution in [0.4, 0.5) is 0 Å². The Morgan fingerprint density at radius 2 is 2.07 bits per heavy atom. The first-order valence-corrected chi connectivity index (χ1v) is 9.19. The molecule has 4 rings (SSSR count). The molecule has 0 bridgehead atoms. The number of piperidine rings is 1. The molecular formula is C19H23N7O. The van der Waals surface area contributed by atoms with Crippen molar-refractivity contribution in [2.24, 2.45) is 5.92 Å². The summed E-state index contributed by atoms with van der Waals surface area (Å²) >= 11 is 0. The number of nitrogens with zero attached hydrogens (tertiary/aromatic N) is 7. The molecule has 8 heteroatoms. The van der Waals surface area contributed by atoms with Crippen LogP contribution >= 0.6 is 0 Å². The highest BCUT2D eigenvalue weighted by Crippen LogP contribution is 2.21. The van der Waals surface area contributed by atoms with E-state index in [1.54, 1.807) is 30.5 Å². The van der Waals surface area contributed by atoms with E-state index in [-0.39, 0.29) is 0 Å². The molecule has 0 N–H and O–H groups in total. The van der Waals surface area contributed by atoms with E-state index in [2.05, 4.69) is 42.4 Å². The molecule has 1 aliphatic rings. The van der Waals surface area contributed by atoms with E-state index < -0.39 is 0 Å². The van der Waals surface area contributed by atoms with Crippen LogP contribution in [0, 0.1) is 5.92 Å². The summed E-state index contributed by atoms with van der Waals surface area (Å²) in [5, 5.41) is 12.8. The van der Waals surface area contributed by atoms with E-state index in [0.29, 0.717) is 17.4 Å². The molecule has 8 nitrogen and oxygen atoms in total. The van der Waals surface area contributed by atoms with Crippen LogP contribution in [0.5, 0.6) is 5.75 Å². The molecular weight excluding hydrogens is 342 g/mol.